The molecule has 0 unspecified atom stereocenters. The molecule has 1 saturated heterocycles. The molecule has 0 aliphatic carbocycles. The Bertz CT molecular complexity index is 965. The molecule has 1 aliphatic rings. The molecule has 3 rings (SSSR count). The van der Waals surface area contributed by atoms with Gasteiger partial charge < -0.3 is 10.1 Å². The first-order valence-electron chi connectivity index (χ1n) is 9.96. The van der Waals surface area contributed by atoms with Crippen molar-refractivity contribution >= 4 is 21.6 Å². The highest BCUT2D eigenvalue weighted by molar-refractivity contribution is 7.89. The van der Waals surface area contributed by atoms with Crippen molar-refractivity contribution in [2.75, 3.05) is 25.0 Å². The Kier molecular flexibility index (Phi) is 6.92. The Labute approximate surface area is 172 Å². The van der Waals surface area contributed by atoms with Crippen LogP contribution in [0.15, 0.2) is 47.4 Å². The van der Waals surface area contributed by atoms with Crippen LogP contribution in [0.2, 0.25) is 0 Å². The number of amides is 1. The first-order chi connectivity index (χ1) is 13.9. The molecule has 1 N–H and O–H groups in total. The monoisotopic (exact) mass is 416 g/mol. The molecule has 0 aromatic heterocycles. The third-order valence-electron chi connectivity index (χ3n) is 5.02. The number of carbonyl (C=O) groups is 1. The molecule has 1 fully saturated rings. The average molecular weight is 417 g/mol. The summed E-state index contributed by atoms with van der Waals surface area (Å²) in [6, 6.07) is 12.2. The van der Waals surface area contributed by atoms with Gasteiger partial charge in [-0.25, -0.2) is 8.42 Å². The molecule has 0 atom stereocenters. The first kappa shape index (κ1) is 21.3. The predicted octanol–water partition coefficient (Wildman–Crippen LogP) is 3.89. The normalized spacial score (nSPS) is 15.5. The SMILES string of the molecule is Cc1ccc(C)c(OCC(=O)Nc2cccc(S(=O)(=O)N3CCCCCC3)c2)c1. The Balaban J connectivity index is 1.66. The minimum absolute atomic E-state index is 0.145. The lowest BCUT2D eigenvalue weighted by atomic mass is 10.1. The van der Waals surface area contributed by atoms with Crippen molar-refractivity contribution in [1.82, 2.24) is 4.31 Å². The quantitative estimate of drug-likeness (QED) is 0.775. The van der Waals surface area contributed by atoms with Crippen molar-refractivity contribution in [3.05, 3.63) is 53.6 Å². The van der Waals surface area contributed by atoms with Gasteiger partial charge in [0, 0.05) is 18.8 Å². The fourth-order valence-corrected chi connectivity index (χ4v) is 4.93. The summed E-state index contributed by atoms with van der Waals surface area (Å²) in [5.41, 5.74) is 2.45. The number of nitrogens with one attached hydrogen (secondary N) is 1. The van der Waals surface area contributed by atoms with E-state index in [-0.39, 0.29) is 17.4 Å². The molecule has 7 heteroatoms. The second-order valence-corrected chi connectivity index (χ2v) is 9.39. The summed E-state index contributed by atoms with van der Waals surface area (Å²) >= 11 is 0. The van der Waals surface area contributed by atoms with Crippen LogP contribution in [0.4, 0.5) is 5.69 Å². The number of anilines is 1. The maximum atomic E-state index is 12.9. The van der Waals surface area contributed by atoms with Crippen LogP contribution in [0.5, 0.6) is 5.75 Å². The van der Waals surface area contributed by atoms with E-state index in [1.54, 1.807) is 22.5 Å². The molecule has 1 amide bonds. The fraction of sp³-hybridized carbons (Fsp3) is 0.409. The van der Waals surface area contributed by atoms with Gasteiger partial charge in [0.15, 0.2) is 6.61 Å². The lowest BCUT2D eigenvalue weighted by Gasteiger charge is -2.20. The number of rotatable bonds is 6. The third-order valence-corrected chi connectivity index (χ3v) is 6.92. The van der Waals surface area contributed by atoms with Crippen molar-refractivity contribution in [3.8, 4) is 5.75 Å². The van der Waals surface area contributed by atoms with Crippen molar-refractivity contribution in [2.45, 2.75) is 44.4 Å². The van der Waals surface area contributed by atoms with E-state index in [9.17, 15) is 13.2 Å². The number of benzene rings is 2. The standard InChI is InChI=1S/C22H28N2O4S/c1-17-10-11-18(2)21(14-17)28-16-22(25)23-19-8-7-9-20(15-19)29(26,27)24-12-5-3-4-6-13-24/h7-11,14-15H,3-6,12-13,16H2,1-2H3,(H,23,25). The Morgan fingerprint density at radius 3 is 2.48 bits per heavy atom. The topological polar surface area (TPSA) is 75.7 Å². The molecule has 0 spiro atoms. The molecule has 156 valence electrons. The number of nitrogens with zero attached hydrogens (tertiary/aromatic N) is 1. The van der Waals surface area contributed by atoms with E-state index in [1.165, 1.54) is 6.07 Å². The highest BCUT2D eigenvalue weighted by Gasteiger charge is 2.25. The number of carbonyl (C=O) groups excluding carboxylic acids is 1. The molecule has 2 aromatic carbocycles. The van der Waals surface area contributed by atoms with Crippen LogP contribution in [0.1, 0.15) is 36.8 Å². The van der Waals surface area contributed by atoms with Crippen molar-refractivity contribution in [3.63, 3.8) is 0 Å². The molecule has 29 heavy (non-hydrogen) atoms. The lowest BCUT2D eigenvalue weighted by molar-refractivity contribution is -0.118. The number of hydrogen-bond acceptors (Lipinski definition) is 4. The van der Waals surface area contributed by atoms with Crippen LogP contribution in [0.3, 0.4) is 0 Å². The van der Waals surface area contributed by atoms with E-state index in [0.717, 1.165) is 36.8 Å². The van der Waals surface area contributed by atoms with Gasteiger partial charge in [0.2, 0.25) is 10.0 Å². The van der Waals surface area contributed by atoms with E-state index in [4.69, 9.17) is 4.74 Å². The van der Waals surface area contributed by atoms with E-state index < -0.39 is 10.0 Å². The molecule has 1 heterocycles. The summed E-state index contributed by atoms with van der Waals surface area (Å²) in [5, 5.41) is 2.73. The highest BCUT2D eigenvalue weighted by atomic mass is 32.2. The molecule has 6 nitrogen and oxygen atoms in total. The Hall–Kier alpha value is -2.38. The minimum Gasteiger partial charge on any atom is -0.483 e. The van der Waals surface area contributed by atoms with Gasteiger partial charge in [-0.2, -0.15) is 4.31 Å². The summed E-state index contributed by atoms with van der Waals surface area (Å²) in [6.07, 6.45) is 3.88. The van der Waals surface area contributed by atoms with Crippen LogP contribution in [0, 0.1) is 13.8 Å². The molecule has 0 bridgehead atoms. The Morgan fingerprint density at radius 2 is 1.76 bits per heavy atom. The summed E-state index contributed by atoms with van der Waals surface area (Å²) < 4.78 is 33.1. The van der Waals surface area contributed by atoms with E-state index in [0.29, 0.717) is 24.5 Å². The zero-order chi connectivity index (χ0) is 20.9. The van der Waals surface area contributed by atoms with Gasteiger partial charge >= 0.3 is 0 Å². The zero-order valence-electron chi connectivity index (χ0n) is 17.0. The van der Waals surface area contributed by atoms with Gasteiger partial charge in [-0.15, -0.1) is 0 Å². The van der Waals surface area contributed by atoms with Crippen molar-refractivity contribution in [2.24, 2.45) is 0 Å². The third kappa shape index (κ3) is 5.58. The lowest BCUT2D eigenvalue weighted by Crippen LogP contribution is -2.32. The molecule has 1 aliphatic heterocycles. The molecule has 0 saturated carbocycles. The number of hydrogen-bond donors (Lipinski definition) is 1. The van der Waals surface area contributed by atoms with Gasteiger partial charge in [-0.1, -0.05) is 31.0 Å². The van der Waals surface area contributed by atoms with Gasteiger partial charge in [0.05, 0.1) is 4.90 Å². The van der Waals surface area contributed by atoms with Gasteiger partial charge in [0.1, 0.15) is 5.75 Å². The summed E-state index contributed by atoms with van der Waals surface area (Å²) in [4.78, 5) is 12.5. The summed E-state index contributed by atoms with van der Waals surface area (Å²) in [6.45, 7) is 4.82. The fourth-order valence-electron chi connectivity index (χ4n) is 3.37. The van der Waals surface area contributed by atoms with Crippen LogP contribution in [-0.2, 0) is 14.8 Å². The molecule has 0 radical (unpaired) electrons. The van der Waals surface area contributed by atoms with Crippen LogP contribution < -0.4 is 10.1 Å². The second-order valence-electron chi connectivity index (χ2n) is 7.45. The minimum atomic E-state index is -3.56. The number of aryl methyl sites for hydroxylation is 2. The van der Waals surface area contributed by atoms with E-state index >= 15 is 0 Å². The second kappa shape index (κ2) is 9.41. The molecular weight excluding hydrogens is 388 g/mol. The number of ether oxygens (including phenoxy) is 1. The molecular formula is C22H28N2O4S. The van der Waals surface area contributed by atoms with Crippen LogP contribution in [0.25, 0.3) is 0 Å². The number of sulfonamides is 1. The van der Waals surface area contributed by atoms with Crippen LogP contribution in [-0.4, -0.2) is 38.3 Å². The van der Waals surface area contributed by atoms with Gasteiger partial charge in [0.25, 0.3) is 5.91 Å². The van der Waals surface area contributed by atoms with Crippen LogP contribution >= 0.6 is 0 Å². The van der Waals surface area contributed by atoms with E-state index in [2.05, 4.69) is 5.32 Å². The van der Waals surface area contributed by atoms with Gasteiger partial charge in [-0.3, -0.25) is 4.79 Å². The van der Waals surface area contributed by atoms with Gasteiger partial charge in [-0.05, 0) is 62.1 Å². The average Bonchev–Trinajstić information content (AvgIpc) is 2.99. The smallest absolute Gasteiger partial charge is 0.262 e. The highest BCUT2D eigenvalue weighted by Crippen LogP contribution is 2.23. The van der Waals surface area contributed by atoms with Crippen molar-refractivity contribution in [1.29, 1.82) is 0 Å². The largest absolute Gasteiger partial charge is 0.483 e. The Morgan fingerprint density at radius 1 is 1.03 bits per heavy atom. The first-order valence-corrected chi connectivity index (χ1v) is 11.4. The predicted molar refractivity (Wildman–Crippen MR) is 114 cm³/mol. The summed E-state index contributed by atoms with van der Waals surface area (Å²) in [5.74, 6) is 0.327. The van der Waals surface area contributed by atoms with Crippen molar-refractivity contribution < 1.29 is 17.9 Å². The zero-order valence-corrected chi connectivity index (χ0v) is 17.8. The maximum absolute atomic E-state index is 12.9. The maximum Gasteiger partial charge on any atom is 0.262 e. The summed E-state index contributed by atoms with van der Waals surface area (Å²) in [7, 11) is -3.56. The van der Waals surface area contributed by atoms with E-state index in [1.807, 2.05) is 32.0 Å². The molecule has 2 aromatic rings.